The Kier molecular flexibility index (Phi) is 4.99. The first-order valence-corrected chi connectivity index (χ1v) is 8.54. The summed E-state index contributed by atoms with van der Waals surface area (Å²) in [5.74, 6) is 0.122. The maximum Gasteiger partial charge on any atom is 0.228 e. The van der Waals surface area contributed by atoms with Gasteiger partial charge in [0.25, 0.3) is 0 Å². The first-order chi connectivity index (χ1) is 11.6. The highest BCUT2D eigenvalue weighted by Gasteiger charge is 2.26. The molecule has 0 bridgehead atoms. The molecular weight excluding hydrogens is 306 g/mol. The van der Waals surface area contributed by atoms with Crippen molar-refractivity contribution < 1.29 is 9.53 Å². The van der Waals surface area contributed by atoms with Gasteiger partial charge in [0.2, 0.25) is 5.91 Å². The van der Waals surface area contributed by atoms with E-state index in [1.54, 1.807) is 4.68 Å². The number of rotatable bonds is 5. The van der Waals surface area contributed by atoms with Crippen LogP contribution >= 0.6 is 0 Å². The van der Waals surface area contributed by atoms with Crippen LogP contribution in [0.15, 0.2) is 18.5 Å². The Balaban J connectivity index is 1.65. The van der Waals surface area contributed by atoms with Crippen molar-refractivity contribution in [2.45, 2.75) is 39.3 Å². The quantitative estimate of drug-likeness (QED) is 0.829. The van der Waals surface area contributed by atoms with Gasteiger partial charge in [0.05, 0.1) is 31.5 Å². The molecule has 1 fully saturated rings. The van der Waals surface area contributed by atoms with Crippen LogP contribution in [0.5, 0.6) is 0 Å². The Hall–Kier alpha value is -2.15. The number of aromatic nitrogens is 4. The summed E-state index contributed by atoms with van der Waals surface area (Å²) < 4.78 is 9.51. The third-order valence-corrected chi connectivity index (χ3v) is 4.49. The number of amides is 1. The van der Waals surface area contributed by atoms with Crippen molar-refractivity contribution in [1.82, 2.24) is 24.5 Å². The minimum absolute atomic E-state index is 0.0965. The largest absolute Gasteiger partial charge is 0.370 e. The van der Waals surface area contributed by atoms with Crippen LogP contribution in [0.4, 0.5) is 0 Å². The Morgan fingerprint density at radius 2 is 2.25 bits per heavy atom. The molecule has 1 saturated heterocycles. The average molecular weight is 331 g/mol. The first kappa shape index (κ1) is 16.7. The van der Waals surface area contributed by atoms with E-state index in [1.807, 2.05) is 42.0 Å². The molecule has 0 aliphatic carbocycles. The summed E-state index contributed by atoms with van der Waals surface area (Å²) in [6, 6.07) is 2.01. The number of morpholine rings is 1. The predicted octanol–water partition coefficient (Wildman–Crippen LogP) is 1.34. The number of carbonyl (C=O) groups excluding carboxylic acids is 1. The van der Waals surface area contributed by atoms with E-state index < -0.39 is 0 Å². The van der Waals surface area contributed by atoms with Gasteiger partial charge < -0.3 is 9.64 Å². The van der Waals surface area contributed by atoms with Crippen LogP contribution in [0.1, 0.15) is 36.9 Å². The summed E-state index contributed by atoms with van der Waals surface area (Å²) in [5, 5.41) is 8.71. The highest BCUT2D eigenvalue weighted by atomic mass is 16.5. The van der Waals surface area contributed by atoms with E-state index in [0.29, 0.717) is 26.1 Å². The molecule has 7 heteroatoms. The van der Waals surface area contributed by atoms with Crippen LogP contribution < -0.4 is 0 Å². The summed E-state index contributed by atoms with van der Waals surface area (Å²) in [6.45, 7) is 6.71. The fourth-order valence-electron chi connectivity index (χ4n) is 2.97. The molecule has 1 amide bonds. The van der Waals surface area contributed by atoms with Gasteiger partial charge in [-0.05, 0) is 19.4 Å². The smallest absolute Gasteiger partial charge is 0.228 e. The van der Waals surface area contributed by atoms with Crippen molar-refractivity contribution in [2.24, 2.45) is 7.05 Å². The van der Waals surface area contributed by atoms with E-state index in [0.717, 1.165) is 29.9 Å². The van der Waals surface area contributed by atoms with Gasteiger partial charge in [0, 0.05) is 37.6 Å². The number of carbonyl (C=O) groups is 1. The second kappa shape index (κ2) is 7.17. The van der Waals surface area contributed by atoms with E-state index in [2.05, 4.69) is 17.1 Å². The molecule has 2 aromatic heterocycles. The van der Waals surface area contributed by atoms with Gasteiger partial charge in [-0.25, -0.2) is 0 Å². The van der Waals surface area contributed by atoms with Crippen LogP contribution in [-0.4, -0.2) is 50.1 Å². The van der Waals surface area contributed by atoms with Gasteiger partial charge in [-0.1, -0.05) is 6.92 Å². The van der Waals surface area contributed by atoms with Gasteiger partial charge in [-0.15, -0.1) is 0 Å². The highest BCUT2D eigenvalue weighted by Crippen LogP contribution is 2.22. The second-order valence-electron chi connectivity index (χ2n) is 6.11. The molecule has 3 heterocycles. The monoisotopic (exact) mass is 331 g/mol. The van der Waals surface area contributed by atoms with Crippen molar-refractivity contribution in [3.05, 3.63) is 35.4 Å². The summed E-state index contributed by atoms with van der Waals surface area (Å²) in [7, 11) is 1.89. The molecule has 0 spiro atoms. The average Bonchev–Trinajstić information content (AvgIpc) is 3.22. The zero-order valence-electron chi connectivity index (χ0n) is 14.6. The van der Waals surface area contributed by atoms with Gasteiger partial charge in [-0.2, -0.15) is 10.2 Å². The van der Waals surface area contributed by atoms with E-state index in [-0.39, 0.29) is 12.0 Å². The van der Waals surface area contributed by atoms with Gasteiger partial charge in [0.15, 0.2) is 0 Å². The molecule has 1 aliphatic heterocycles. The van der Waals surface area contributed by atoms with Crippen molar-refractivity contribution in [3.63, 3.8) is 0 Å². The molecule has 0 aromatic carbocycles. The van der Waals surface area contributed by atoms with Crippen LogP contribution in [0, 0.1) is 0 Å². The Bertz CT molecular complexity index is 706. The molecule has 1 atom stereocenters. The molecule has 24 heavy (non-hydrogen) atoms. The number of hydrogen-bond acceptors (Lipinski definition) is 4. The summed E-state index contributed by atoms with van der Waals surface area (Å²) in [6.07, 6.45) is 4.98. The fraction of sp³-hybridized carbons (Fsp3) is 0.588. The summed E-state index contributed by atoms with van der Waals surface area (Å²) >= 11 is 0. The normalized spacial score (nSPS) is 18.1. The Morgan fingerprint density at radius 3 is 2.92 bits per heavy atom. The Morgan fingerprint density at radius 1 is 1.42 bits per heavy atom. The van der Waals surface area contributed by atoms with E-state index in [4.69, 9.17) is 4.74 Å². The second-order valence-corrected chi connectivity index (χ2v) is 6.11. The summed E-state index contributed by atoms with van der Waals surface area (Å²) in [4.78, 5) is 14.5. The lowest BCUT2D eigenvalue weighted by Crippen LogP contribution is -2.43. The standard InChI is InChI=1S/C17H25N5O2/c1-4-14-8-15(20(3)19-14)9-17(23)21-6-7-24-16(12-21)13-10-18-22(5-2)11-13/h8,10-11,16H,4-7,9,12H2,1-3H3. The van der Waals surface area contributed by atoms with E-state index >= 15 is 0 Å². The number of hydrogen-bond donors (Lipinski definition) is 0. The lowest BCUT2D eigenvalue weighted by atomic mass is 10.1. The molecular formula is C17H25N5O2. The minimum atomic E-state index is -0.0965. The molecule has 7 nitrogen and oxygen atoms in total. The van der Waals surface area contributed by atoms with E-state index in [9.17, 15) is 4.79 Å². The fourth-order valence-corrected chi connectivity index (χ4v) is 2.97. The highest BCUT2D eigenvalue weighted by molar-refractivity contribution is 5.78. The topological polar surface area (TPSA) is 65.2 Å². The maximum absolute atomic E-state index is 12.7. The molecule has 0 saturated carbocycles. The lowest BCUT2D eigenvalue weighted by molar-refractivity contribution is -0.138. The predicted molar refractivity (Wildman–Crippen MR) is 89.5 cm³/mol. The lowest BCUT2D eigenvalue weighted by Gasteiger charge is -2.32. The zero-order chi connectivity index (χ0) is 17.1. The first-order valence-electron chi connectivity index (χ1n) is 8.54. The number of aryl methyl sites for hydroxylation is 3. The number of ether oxygens (including phenoxy) is 1. The molecule has 3 rings (SSSR count). The molecule has 0 radical (unpaired) electrons. The molecule has 1 aliphatic rings. The van der Waals surface area contributed by atoms with Crippen LogP contribution in [0.25, 0.3) is 0 Å². The van der Waals surface area contributed by atoms with Crippen LogP contribution in [0.2, 0.25) is 0 Å². The molecule has 130 valence electrons. The van der Waals surface area contributed by atoms with Crippen LogP contribution in [-0.2, 0) is 36.0 Å². The Labute approximate surface area is 142 Å². The van der Waals surface area contributed by atoms with Crippen molar-refractivity contribution in [2.75, 3.05) is 19.7 Å². The molecule has 1 unspecified atom stereocenters. The summed E-state index contributed by atoms with van der Waals surface area (Å²) in [5.41, 5.74) is 3.01. The SMILES string of the molecule is CCc1cc(CC(=O)N2CCOC(c3cnn(CC)c3)C2)n(C)n1. The minimum Gasteiger partial charge on any atom is -0.370 e. The van der Waals surface area contributed by atoms with Crippen LogP contribution in [0.3, 0.4) is 0 Å². The third-order valence-electron chi connectivity index (χ3n) is 4.49. The van der Waals surface area contributed by atoms with Crippen molar-refractivity contribution >= 4 is 5.91 Å². The van der Waals surface area contributed by atoms with Gasteiger partial charge in [-0.3, -0.25) is 14.2 Å². The number of nitrogens with zero attached hydrogens (tertiary/aromatic N) is 5. The van der Waals surface area contributed by atoms with E-state index in [1.165, 1.54) is 0 Å². The third kappa shape index (κ3) is 3.51. The van der Waals surface area contributed by atoms with Crippen molar-refractivity contribution in [3.8, 4) is 0 Å². The zero-order valence-corrected chi connectivity index (χ0v) is 14.6. The maximum atomic E-state index is 12.7. The van der Waals surface area contributed by atoms with Gasteiger partial charge >= 0.3 is 0 Å². The molecule has 2 aromatic rings. The molecule has 0 N–H and O–H groups in total. The van der Waals surface area contributed by atoms with Gasteiger partial charge in [0.1, 0.15) is 6.10 Å². The van der Waals surface area contributed by atoms with Crippen molar-refractivity contribution in [1.29, 1.82) is 0 Å².